The molecule has 42 heavy (non-hydrogen) atoms. The molecule has 0 bridgehead atoms. The maximum Gasteiger partial charge on any atom is 0.265 e. The average Bonchev–Trinajstić information content (AvgIpc) is 3.53. The number of halogens is 3. The Balaban J connectivity index is 1.18. The summed E-state index contributed by atoms with van der Waals surface area (Å²) in [6.07, 6.45) is 1.92. The van der Waals surface area contributed by atoms with Crippen molar-refractivity contribution in [3.63, 3.8) is 0 Å². The lowest BCUT2D eigenvalue weighted by molar-refractivity contribution is -0.0165. The van der Waals surface area contributed by atoms with Gasteiger partial charge in [-0.05, 0) is 31.0 Å². The van der Waals surface area contributed by atoms with E-state index in [1.165, 1.54) is 6.33 Å². The lowest BCUT2D eigenvalue weighted by atomic mass is 10.0. The lowest BCUT2D eigenvalue weighted by Crippen LogP contribution is -2.55. The lowest BCUT2D eigenvalue weighted by Gasteiger charge is -2.38. The number of nitriles is 1. The molecule has 15 heteroatoms. The minimum Gasteiger partial charge on any atom is -0.486 e. The normalized spacial score (nSPS) is 17.8. The van der Waals surface area contributed by atoms with Crippen molar-refractivity contribution in [2.75, 3.05) is 43.4 Å². The van der Waals surface area contributed by atoms with Crippen molar-refractivity contribution in [3.8, 4) is 23.1 Å². The molecule has 2 saturated heterocycles. The first-order chi connectivity index (χ1) is 20.3. The van der Waals surface area contributed by atoms with E-state index in [4.69, 9.17) is 27.3 Å². The van der Waals surface area contributed by atoms with E-state index < -0.39 is 6.43 Å². The Hall–Kier alpha value is -4.06. The number of nitrogens with one attached hydrogen (secondary N) is 1. The van der Waals surface area contributed by atoms with Gasteiger partial charge in [-0.2, -0.15) is 10.4 Å². The van der Waals surface area contributed by atoms with E-state index in [-0.39, 0.29) is 24.6 Å². The zero-order chi connectivity index (χ0) is 29.4. The van der Waals surface area contributed by atoms with Crippen molar-refractivity contribution in [1.82, 2.24) is 29.8 Å². The largest absolute Gasteiger partial charge is 0.486 e. The molecular formula is C27H26ClF2N9O2S. The fourth-order valence-electron chi connectivity index (χ4n) is 5.38. The third-order valence-electron chi connectivity index (χ3n) is 7.32. The first-order valence-electron chi connectivity index (χ1n) is 13.3. The number of amides is 1. The van der Waals surface area contributed by atoms with Crippen molar-refractivity contribution in [3.05, 3.63) is 51.7 Å². The highest BCUT2D eigenvalue weighted by Gasteiger charge is 2.33. The Kier molecular flexibility index (Phi) is 7.80. The second kappa shape index (κ2) is 11.7. The summed E-state index contributed by atoms with van der Waals surface area (Å²) in [7, 11) is 0. The molecule has 1 atom stereocenters. The number of carbonyl (C=O) groups is 1. The quantitative estimate of drug-likeness (QED) is 0.305. The van der Waals surface area contributed by atoms with E-state index >= 15 is 0 Å². The van der Waals surface area contributed by atoms with Gasteiger partial charge in [0.25, 0.3) is 12.3 Å². The van der Waals surface area contributed by atoms with Crippen LogP contribution >= 0.6 is 22.9 Å². The van der Waals surface area contributed by atoms with Gasteiger partial charge in [-0.3, -0.25) is 9.69 Å². The predicted molar refractivity (Wildman–Crippen MR) is 154 cm³/mol. The number of nitrogen functional groups attached to an aromatic ring is 1. The molecule has 0 aliphatic carbocycles. The average molecular weight is 614 g/mol. The standard InChI is InChI=1S/C27H26ClF2N9O2S/c28-22-7-21(41-18-11-37(12-18)13-23(29)30)25(42-22)27(40)36-17-2-1-5-38(10-17)20-6-19(15-3-4-16(8-31)33-9-15)39-24(20)26(32)34-14-35-39/h3-4,6-7,9,14,17-18,23H,1-2,5,10-13H2,(H,36,40)(H2,32,34,35)/t17-/m1/s1. The van der Waals surface area contributed by atoms with Crippen LogP contribution < -0.4 is 20.7 Å². The highest BCUT2D eigenvalue weighted by atomic mass is 35.5. The molecule has 0 radical (unpaired) electrons. The monoisotopic (exact) mass is 613 g/mol. The Morgan fingerprint density at radius 1 is 1.29 bits per heavy atom. The van der Waals surface area contributed by atoms with Crippen molar-refractivity contribution in [2.24, 2.45) is 0 Å². The number of thiophene rings is 1. The molecule has 1 amide bonds. The Bertz CT molecular complexity index is 1650. The molecule has 6 heterocycles. The molecule has 0 spiro atoms. The van der Waals surface area contributed by atoms with E-state index in [0.717, 1.165) is 47.7 Å². The Morgan fingerprint density at radius 3 is 2.86 bits per heavy atom. The number of fused-ring (bicyclic) bond motifs is 1. The van der Waals surface area contributed by atoms with Crippen LogP contribution in [0.2, 0.25) is 4.34 Å². The van der Waals surface area contributed by atoms with Gasteiger partial charge in [-0.15, -0.1) is 11.3 Å². The SMILES string of the molecule is N#Cc1ccc(-c2cc(N3CCC[C@@H](NC(=O)c4sc(Cl)cc4OC4CN(CC(F)F)C4)C3)c3c(N)ncnn23)cn1. The number of alkyl halides is 2. The molecule has 4 aromatic heterocycles. The van der Waals surface area contributed by atoms with Gasteiger partial charge in [0.2, 0.25) is 0 Å². The molecule has 4 aromatic rings. The number of ether oxygens (including phenoxy) is 1. The number of carbonyl (C=O) groups excluding carboxylic acids is 1. The fraction of sp³-hybridized carbons (Fsp3) is 0.370. The van der Waals surface area contributed by atoms with Gasteiger partial charge in [-0.1, -0.05) is 11.6 Å². The number of piperidine rings is 1. The third kappa shape index (κ3) is 5.67. The van der Waals surface area contributed by atoms with Crippen molar-refractivity contribution < 1.29 is 18.3 Å². The Labute approximate surface area is 248 Å². The number of hydrogen-bond acceptors (Lipinski definition) is 10. The second-order valence-electron chi connectivity index (χ2n) is 10.2. The fourth-order valence-corrected chi connectivity index (χ4v) is 6.43. The van der Waals surface area contributed by atoms with Crippen LogP contribution in [0.25, 0.3) is 16.8 Å². The number of nitrogens with two attached hydrogens (primary N) is 1. The van der Waals surface area contributed by atoms with Gasteiger partial charge >= 0.3 is 0 Å². The van der Waals surface area contributed by atoms with E-state index in [1.807, 2.05) is 12.1 Å². The summed E-state index contributed by atoms with van der Waals surface area (Å²) in [5.74, 6) is 0.379. The predicted octanol–water partition coefficient (Wildman–Crippen LogP) is 3.69. The van der Waals surface area contributed by atoms with Crippen LogP contribution in [0, 0.1) is 11.3 Å². The summed E-state index contributed by atoms with van der Waals surface area (Å²) in [4.78, 5) is 25.8. The second-order valence-corrected chi connectivity index (χ2v) is 11.9. The topological polar surface area (TPSA) is 138 Å². The van der Waals surface area contributed by atoms with Gasteiger partial charge in [0.1, 0.15) is 40.3 Å². The number of rotatable bonds is 8. The molecule has 11 nitrogen and oxygen atoms in total. The molecule has 0 aromatic carbocycles. The number of hydrogen-bond donors (Lipinski definition) is 2. The van der Waals surface area contributed by atoms with Gasteiger partial charge in [0, 0.05) is 50.0 Å². The van der Waals surface area contributed by atoms with Crippen LogP contribution in [0.15, 0.2) is 36.8 Å². The van der Waals surface area contributed by atoms with Crippen LogP contribution in [0.4, 0.5) is 20.3 Å². The zero-order valence-corrected chi connectivity index (χ0v) is 23.8. The zero-order valence-electron chi connectivity index (χ0n) is 22.2. The molecule has 218 valence electrons. The van der Waals surface area contributed by atoms with Gasteiger partial charge in [0.15, 0.2) is 5.82 Å². The van der Waals surface area contributed by atoms with Crippen LogP contribution in [-0.4, -0.2) is 81.7 Å². The van der Waals surface area contributed by atoms with E-state index in [9.17, 15) is 13.6 Å². The molecular weight excluding hydrogens is 588 g/mol. The summed E-state index contributed by atoms with van der Waals surface area (Å²) in [5.41, 5.74) is 9.60. The maximum atomic E-state index is 13.4. The molecule has 2 fully saturated rings. The van der Waals surface area contributed by atoms with Crippen LogP contribution in [0.1, 0.15) is 28.2 Å². The van der Waals surface area contributed by atoms with Crippen molar-refractivity contribution in [2.45, 2.75) is 31.4 Å². The minimum absolute atomic E-state index is 0.175. The summed E-state index contributed by atoms with van der Waals surface area (Å²) >= 11 is 7.35. The first-order valence-corrected chi connectivity index (χ1v) is 14.5. The van der Waals surface area contributed by atoms with E-state index in [2.05, 4.69) is 25.3 Å². The minimum atomic E-state index is -2.40. The van der Waals surface area contributed by atoms with Crippen LogP contribution in [0.3, 0.4) is 0 Å². The Morgan fingerprint density at radius 2 is 2.12 bits per heavy atom. The summed E-state index contributed by atoms with van der Waals surface area (Å²) in [5, 5.41) is 16.7. The number of anilines is 2. The molecule has 6 rings (SSSR count). The summed E-state index contributed by atoms with van der Waals surface area (Å²) in [6.45, 7) is 1.70. The smallest absolute Gasteiger partial charge is 0.265 e. The molecule has 0 saturated carbocycles. The molecule has 2 aliphatic heterocycles. The highest BCUT2D eigenvalue weighted by Crippen LogP contribution is 2.36. The van der Waals surface area contributed by atoms with Crippen LogP contribution in [-0.2, 0) is 0 Å². The number of aromatic nitrogens is 4. The van der Waals surface area contributed by atoms with E-state index in [1.54, 1.807) is 33.8 Å². The third-order valence-corrected chi connectivity index (χ3v) is 8.57. The molecule has 3 N–H and O–H groups in total. The van der Waals surface area contributed by atoms with Gasteiger partial charge in [-0.25, -0.2) is 23.3 Å². The van der Waals surface area contributed by atoms with Gasteiger partial charge < -0.3 is 20.7 Å². The molecule has 2 aliphatic rings. The number of likely N-dealkylation sites (tertiary alicyclic amines) is 1. The van der Waals surface area contributed by atoms with Crippen molar-refractivity contribution >= 4 is 45.9 Å². The maximum absolute atomic E-state index is 13.4. The molecule has 0 unspecified atom stereocenters. The van der Waals surface area contributed by atoms with Gasteiger partial charge in [0.05, 0.1) is 22.3 Å². The summed E-state index contributed by atoms with van der Waals surface area (Å²) in [6, 6.07) is 8.86. The van der Waals surface area contributed by atoms with Crippen molar-refractivity contribution in [1.29, 1.82) is 5.26 Å². The van der Waals surface area contributed by atoms with E-state index in [0.29, 0.717) is 51.6 Å². The summed E-state index contributed by atoms with van der Waals surface area (Å²) < 4.78 is 33.3. The first kappa shape index (κ1) is 28.1. The van der Waals surface area contributed by atoms with Crippen LogP contribution in [0.5, 0.6) is 5.75 Å². The highest BCUT2D eigenvalue weighted by molar-refractivity contribution is 7.18. The number of pyridine rings is 1. The number of nitrogens with zero attached hydrogens (tertiary/aromatic N) is 7.